The van der Waals surface area contributed by atoms with Gasteiger partial charge in [-0.2, -0.15) is 0 Å². The number of hydrogen-bond acceptors (Lipinski definition) is 3. The van der Waals surface area contributed by atoms with Crippen molar-refractivity contribution in [1.29, 1.82) is 0 Å². The van der Waals surface area contributed by atoms with Crippen LogP contribution >= 0.6 is 19.9 Å². The average molecular weight is 411 g/mol. The van der Waals surface area contributed by atoms with Crippen molar-refractivity contribution in [2.75, 3.05) is 5.75 Å². The third-order valence-electron chi connectivity index (χ3n) is 4.73. The summed E-state index contributed by atoms with van der Waals surface area (Å²) in [4.78, 5) is 17.1. The van der Waals surface area contributed by atoms with Crippen molar-refractivity contribution in [2.45, 2.75) is 122 Å². The van der Waals surface area contributed by atoms with Crippen LogP contribution in [0.25, 0.3) is 0 Å². The van der Waals surface area contributed by atoms with Gasteiger partial charge in [0.2, 0.25) is 0 Å². The van der Waals surface area contributed by atoms with Crippen LogP contribution in [-0.4, -0.2) is 15.5 Å². The Balaban J connectivity index is 3.02. The highest BCUT2D eigenvalue weighted by atomic mass is 32.2. The summed E-state index contributed by atoms with van der Waals surface area (Å²) in [5.41, 5.74) is 0. The van der Waals surface area contributed by atoms with E-state index >= 15 is 0 Å². The molecule has 0 aromatic rings. The monoisotopic (exact) mass is 410 g/mol. The van der Waals surface area contributed by atoms with E-state index in [4.69, 9.17) is 9.79 Å². The summed E-state index contributed by atoms with van der Waals surface area (Å²) in [5.74, 6) is 0.657. The van der Waals surface area contributed by atoms with Gasteiger partial charge in [-0.15, -0.1) is 0 Å². The quantitative estimate of drug-likeness (QED) is 0.115. The zero-order chi connectivity index (χ0) is 19.3. The van der Waals surface area contributed by atoms with E-state index in [9.17, 15) is 4.57 Å². The molecule has 0 rings (SSSR count). The fourth-order valence-electron chi connectivity index (χ4n) is 3.17. The van der Waals surface area contributed by atoms with Crippen LogP contribution in [-0.2, 0) is 8.54 Å². The maximum atomic E-state index is 10.5. The lowest BCUT2D eigenvalue weighted by Crippen LogP contribution is -1.86. The predicted octanol–water partition coefficient (Wildman–Crippen LogP) is 7.79. The second-order valence-electron chi connectivity index (χ2n) is 7.40. The van der Waals surface area contributed by atoms with Crippen LogP contribution in [0.15, 0.2) is 0 Å². The molecule has 6 heteroatoms. The van der Waals surface area contributed by atoms with Gasteiger partial charge in [0.25, 0.3) is 0 Å². The van der Waals surface area contributed by atoms with Crippen LogP contribution in [0.2, 0.25) is 0 Å². The van der Waals surface area contributed by atoms with E-state index in [2.05, 4.69) is 10.9 Å². The zero-order valence-electron chi connectivity index (χ0n) is 17.0. The Morgan fingerprint density at radius 1 is 0.615 bits per heavy atom. The first-order valence-corrected chi connectivity index (χ1v) is 13.4. The van der Waals surface area contributed by atoms with Gasteiger partial charge in [0.05, 0.1) is 0 Å². The summed E-state index contributed by atoms with van der Waals surface area (Å²) in [6.07, 6.45) is 24.2. The van der Waals surface area contributed by atoms with E-state index in [1.54, 1.807) is 0 Å². The number of hydrogen-bond donors (Lipinski definition) is 2. The molecule has 0 aliphatic carbocycles. The smallest absolute Gasteiger partial charge is 0.302 e. The first-order chi connectivity index (χ1) is 12.6. The molecule has 0 heterocycles. The van der Waals surface area contributed by atoms with Crippen molar-refractivity contribution in [1.82, 2.24) is 0 Å². The Hall–Kier alpha value is 0.460. The van der Waals surface area contributed by atoms with Crippen molar-refractivity contribution >= 4 is 19.9 Å². The Morgan fingerprint density at radius 2 is 0.923 bits per heavy atom. The van der Waals surface area contributed by atoms with Gasteiger partial charge in [-0.05, 0) is 6.42 Å². The molecular weight excluding hydrogens is 367 g/mol. The standard InChI is InChI=1S/C20H43O4PS/c1-2-3-4-5-6-7-8-9-10-11-12-13-14-15-16-17-18-19-20-26-24-25(21,22)23/h2-20H2,1H3,(H2,21,22,23). The Kier molecular flexibility index (Phi) is 20.6. The minimum absolute atomic E-state index is 0.657. The van der Waals surface area contributed by atoms with Crippen LogP contribution in [0.1, 0.15) is 122 Å². The van der Waals surface area contributed by atoms with Crippen LogP contribution in [0.5, 0.6) is 0 Å². The lowest BCUT2D eigenvalue weighted by atomic mass is 10.0. The summed E-state index contributed by atoms with van der Waals surface area (Å²) in [6.45, 7) is 2.28. The van der Waals surface area contributed by atoms with Gasteiger partial charge >= 0.3 is 7.82 Å². The zero-order valence-corrected chi connectivity index (χ0v) is 18.7. The molecule has 158 valence electrons. The summed E-state index contributed by atoms with van der Waals surface area (Å²) in [7, 11) is -4.30. The van der Waals surface area contributed by atoms with Crippen molar-refractivity contribution < 1.29 is 18.3 Å². The molecule has 0 radical (unpaired) electrons. The summed E-state index contributed by atoms with van der Waals surface area (Å²) >= 11 is 0.885. The second-order valence-corrected chi connectivity index (χ2v) is 9.62. The van der Waals surface area contributed by atoms with Crippen LogP contribution in [0, 0.1) is 0 Å². The number of unbranched alkanes of at least 4 members (excludes halogenated alkanes) is 17. The molecular formula is C20H43O4PS. The lowest BCUT2D eigenvalue weighted by Gasteiger charge is -2.04. The van der Waals surface area contributed by atoms with Gasteiger partial charge < -0.3 is 9.79 Å². The van der Waals surface area contributed by atoms with Crippen LogP contribution in [0.4, 0.5) is 0 Å². The maximum absolute atomic E-state index is 10.5. The molecule has 0 saturated heterocycles. The third kappa shape index (κ3) is 24.5. The molecule has 0 aliphatic rings. The normalized spacial score (nSPS) is 12.0. The fourth-order valence-corrected chi connectivity index (χ4v) is 4.34. The van der Waals surface area contributed by atoms with E-state index in [1.807, 2.05) is 0 Å². The van der Waals surface area contributed by atoms with Crippen molar-refractivity contribution in [3.05, 3.63) is 0 Å². The fraction of sp³-hybridized carbons (Fsp3) is 1.00. The molecule has 0 unspecified atom stereocenters. The van der Waals surface area contributed by atoms with Crippen molar-refractivity contribution in [3.8, 4) is 0 Å². The van der Waals surface area contributed by atoms with E-state index in [1.165, 1.54) is 103 Å². The summed E-state index contributed by atoms with van der Waals surface area (Å²) in [5, 5.41) is 0. The molecule has 0 saturated carbocycles. The highest BCUT2D eigenvalue weighted by Crippen LogP contribution is 2.41. The second kappa shape index (κ2) is 20.2. The van der Waals surface area contributed by atoms with E-state index < -0.39 is 7.82 Å². The van der Waals surface area contributed by atoms with Crippen molar-refractivity contribution in [3.63, 3.8) is 0 Å². The molecule has 0 atom stereocenters. The third-order valence-corrected chi connectivity index (χ3v) is 6.38. The molecule has 26 heavy (non-hydrogen) atoms. The lowest BCUT2D eigenvalue weighted by molar-refractivity contribution is 0.298. The number of rotatable bonds is 21. The van der Waals surface area contributed by atoms with Crippen LogP contribution in [0.3, 0.4) is 0 Å². The molecule has 0 fully saturated rings. The van der Waals surface area contributed by atoms with E-state index in [0.717, 1.165) is 24.9 Å². The largest absolute Gasteiger partial charge is 0.480 e. The van der Waals surface area contributed by atoms with Crippen LogP contribution < -0.4 is 0 Å². The Labute approximate surface area is 166 Å². The van der Waals surface area contributed by atoms with Crippen molar-refractivity contribution in [2.24, 2.45) is 0 Å². The van der Waals surface area contributed by atoms with Gasteiger partial charge in [0, 0.05) is 17.8 Å². The topological polar surface area (TPSA) is 66.8 Å². The highest BCUT2D eigenvalue weighted by molar-refractivity contribution is 7.97. The molecule has 0 aromatic heterocycles. The van der Waals surface area contributed by atoms with Gasteiger partial charge in [0.1, 0.15) is 0 Å². The molecule has 4 nitrogen and oxygen atoms in total. The van der Waals surface area contributed by atoms with Gasteiger partial charge in [0.15, 0.2) is 0 Å². The molecule has 0 aliphatic heterocycles. The van der Waals surface area contributed by atoms with Gasteiger partial charge in [-0.3, -0.25) is 0 Å². The molecule has 0 amide bonds. The van der Waals surface area contributed by atoms with Gasteiger partial charge in [-0.1, -0.05) is 116 Å². The molecule has 0 aromatic carbocycles. The summed E-state index contributed by atoms with van der Waals surface area (Å²) in [6, 6.07) is 0. The molecule has 0 bridgehead atoms. The van der Waals surface area contributed by atoms with Gasteiger partial charge in [-0.25, -0.2) is 8.54 Å². The first-order valence-electron chi connectivity index (χ1n) is 10.9. The first kappa shape index (κ1) is 26.5. The average Bonchev–Trinajstić information content (AvgIpc) is 2.59. The minimum atomic E-state index is -4.30. The highest BCUT2D eigenvalue weighted by Gasteiger charge is 2.13. The Morgan fingerprint density at radius 3 is 1.23 bits per heavy atom. The minimum Gasteiger partial charge on any atom is -0.302 e. The molecule has 0 spiro atoms. The van der Waals surface area contributed by atoms with E-state index in [-0.39, 0.29) is 0 Å². The predicted molar refractivity (Wildman–Crippen MR) is 114 cm³/mol. The SMILES string of the molecule is CCCCCCCCCCCCCCCCCCCCSOP(=O)(O)O. The number of phosphoric acid groups is 1. The Bertz CT molecular complexity index is 323. The molecule has 2 N–H and O–H groups in total. The maximum Gasteiger partial charge on any atom is 0.480 e. The van der Waals surface area contributed by atoms with E-state index in [0.29, 0.717) is 5.75 Å². The summed E-state index contributed by atoms with van der Waals surface area (Å²) < 4.78 is 14.8.